The predicted octanol–water partition coefficient (Wildman–Crippen LogP) is 4.10. The Balaban J connectivity index is 1.88. The highest BCUT2D eigenvalue weighted by Gasteiger charge is 2.22. The number of anilines is 1. The van der Waals surface area contributed by atoms with Gasteiger partial charge in [0.2, 0.25) is 0 Å². The fraction of sp³-hybridized carbons (Fsp3) is 0.294. The molecule has 0 fully saturated rings. The minimum Gasteiger partial charge on any atom is -0.495 e. The van der Waals surface area contributed by atoms with E-state index in [4.69, 9.17) is 4.74 Å². The first kappa shape index (κ1) is 12.1. The molecule has 0 aromatic heterocycles. The molecule has 1 aliphatic carbocycles. The molecule has 19 heavy (non-hydrogen) atoms. The summed E-state index contributed by atoms with van der Waals surface area (Å²) in [6, 6.07) is 15.3. The highest BCUT2D eigenvalue weighted by Crippen LogP contribution is 2.36. The number of para-hydroxylation sites is 2. The van der Waals surface area contributed by atoms with Crippen molar-refractivity contribution in [2.24, 2.45) is 0 Å². The Bertz CT molecular complexity index is 592. The van der Waals surface area contributed by atoms with Crippen LogP contribution in [0.3, 0.4) is 0 Å². The second kappa shape index (κ2) is 4.96. The van der Waals surface area contributed by atoms with Gasteiger partial charge in [0.15, 0.2) is 0 Å². The van der Waals surface area contributed by atoms with Gasteiger partial charge in [0.05, 0.1) is 18.8 Å². The Morgan fingerprint density at radius 3 is 2.84 bits per heavy atom. The van der Waals surface area contributed by atoms with Gasteiger partial charge in [-0.05, 0) is 43.0 Å². The van der Waals surface area contributed by atoms with Crippen LogP contribution in [0.1, 0.15) is 29.2 Å². The van der Waals surface area contributed by atoms with Crippen LogP contribution in [0.4, 0.5) is 5.69 Å². The number of nitrogens with one attached hydrogen (secondary N) is 1. The van der Waals surface area contributed by atoms with Crippen LogP contribution in [0.2, 0.25) is 0 Å². The van der Waals surface area contributed by atoms with E-state index in [1.165, 1.54) is 16.7 Å². The molecule has 1 atom stereocenters. The van der Waals surface area contributed by atoms with Gasteiger partial charge >= 0.3 is 0 Å². The lowest BCUT2D eigenvalue weighted by molar-refractivity contribution is 0.416. The highest BCUT2D eigenvalue weighted by atomic mass is 16.5. The molecule has 0 radical (unpaired) electrons. The molecule has 98 valence electrons. The maximum absolute atomic E-state index is 5.40. The Morgan fingerprint density at radius 2 is 2.00 bits per heavy atom. The van der Waals surface area contributed by atoms with E-state index < -0.39 is 0 Å². The van der Waals surface area contributed by atoms with Gasteiger partial charge in [-0.2, -0.15) is 0 Å². The van der Waals surface area contributed by atoms with E-state index in [0.717, 1.165) is 24.3 Å². The van der Waals surface area contributed by atoms with Crippen LogP contribution in [0.25, 0.3) is 0 Å². The molecule has 2 nitrogen and oxygen atoms in total. The SMILES string of the molecule is COc1ccccc1NC1CCc2ccc(C)cc21. The van der Waals surface area contributed by atoms with Crippen molar-refractivity contribution in [2.75, 3.05) is 12.4 Å². The number of rotatable bonds is 3. The summed E-state index contributed by atoms with van der Waals surface area (Å²) in [5.41, 5.74) is 5.31. The maximum atomic E-state index is 5.40. The van der Waals surface area contributed by atoms with Gasteiger partial charge in [-0.15, -0.1) is 0 Å². The van der Waals surface area contributed by atoms with Crippen molar-refractivity contribution in [1.82, 2.24) is 0 Å². The van der Waals surface area contributed by atoms with E-state index in [1.807, 2.05) is 18.2 Å². The number of hydrogen-bond donors (Lipinski definition) is 1. The second-order valence-electron chi connectivity index (χ2n) is 5.14. The van der Waals surface area contributed by atoms with E-state index in [9.17, 15) is 0 Å². The third-order valence-corrected chi connectivity index (χ3v) is 3.82. The number of methoxy groups -OCH3 is 1. The van der Waals surface area contributed by atoms with Crippen molar-refractivity contribution in [2.45, 2.75) is 25.8 Å². The summed E-state index contributed by atoms with van der Waals surface area (Å²) in [7, 11) is 1.72. The Hall–Kier alpha value is -1.96. The van der Waals surface area contributed by atoms with Gasteiger partial charge in [-0.1, -0.05) is 35.9 Å². The fourth-order valence-corrected chi connectivity index (χ4v) is 2.82. The van der Waals surface area contributed by atoms with Crippen molar-refractivity contribution in [1.29, 1.82) is 0 Å². The van der Waals surface area contributed by atoms with E-state index in [0.29, 0.717) is 6.04 Å². The first-order chi connectivity index (χ1) is 9.28. The molecule has 2 aromatic carbocycles. The molecule has 0 spiro atoms. The topological polar surface area (TPSA) is 21.3 Å². The Kier molecular flexibility index (Phi) is 3.16. The second-order valence-corrected chi connectivity index (χ2v) is 5.14. The van der Waals surface area contributed by atoms with Crippen LogP contribution in [0.15, 0.2) is 42.5 Å². The molecule has 0 saturated carbocycles. The number of aryl methyl sites for hydroxylation is 2. The average Bonchev–Trinajstić information content (AvgIpc) is 2.82. The van der Waals surface area contributed by atoms with Crippen molar-refractivity contribution < 1.29 is 4.74 Å². The molecule has 2 heteroatoms. The summed E-state index contributed by atoms with van der Waals surface area (Å²) in [4.78, 5) is 0. The largest absolute Gasteiger partial charge is 0.495 e. The first-order valence-corrected chi connectivity index (χ1v) is 6.77. The van der Waals surface area contributed by atoms with E-state index in [2.05, 4.69) is 36.5 Å². The average molecular weight is 253 g/mol. The summed E-state index contributed by atoms with van der Waals surface area (Å²) < 4.78 is 5.40. The fourth-order valence-electron chi connectivity index (χ4n) is 2.82. The van der Waals surface area contributed by atoms with Gasteiger partial charge < -0.3 is 10.1 Å². The van der Waals surface area contributed by atoms with Crippen molar-refractivity contribution >= 4 is 5.69 Å². The van der Waals surface area contributed by atoms with Crippen LogP contribution in [0, 0.1) is 6.92 Å². The standard InChI is InChI=1S/C17H19NO/c1-12-7-8-13-9-10-15(14(13)11-12)18-16-5-3-4-6-17(16)19-2/h3-8,11,15,18H,9-10H2,1-2H3. The lowest BCUT2D eigenvalue weighted by atomic mass is 10.0. The van der Waals surface area contributed by atoms with Crippen molar-refractivity contribution in [3.63, 3.8) is 0 Å². The van der Waals surface area contributed by atoms with Gasteiger partial charge in [-0.25, -0.2) is 0 Å². The third-order valence-electron chi connectivity index (χ3n) is 3.82. The van der Waals surface area contributed by atoms with Gasteiger partial charge in [0.1, 0.15) is 5.75 Å². The zero-order chi connectivity index (χ0) is 13.2. The third kappa shape index (κ3) is 2.30. The van der Waals surface area contributed by atoms with E-state index >= 15 is 0 Å². The van der Waals surface area contributed by atoms with Crippen LogP contribution >= 0.6 is 0 Å². The molecule has 1 N–H and O–H groups in total. The number of fused-ring (bicyclic) bond motifs is 1. The molecule has 0 saturated heterocycles. The molecule has 1 unspecified atom stereocenters. The quantitative estimate of drug-likeness (QED) is 0.889. The highest BCUT2D eigenvalue weighted by molar-refractivity contribution is 5.58. The Labute approximate surface area is 114 Å². The summed E-state index contributed by atoms with van der Waals surface area (Å²) in [5, 5.41) is 3.62. The smallest absolute Gasteiger partial charge is 0.141 e. The minimum absolute atomic E-state index is 0.395. The molecule has 0 bridgehead atoms. The summed E-state index contributed by atoms with van der Waals surface area (Å²) in [5.74, 6) is 0.906. The molecule has 2 aromatic rings. The summed E-state index contributed by atoms with van der Waals surface area (Å²) in [6.45, 7) is 2.15. The lowest BCUT2D eigenvalue weighted by Gasteiger charge is -2.18. The monoisotopic (exact) mass is 253 g/mol. The number of benzene rings is 2. The summed E-state index contributed by atoms with van der Waals surface area (Å²) >= 11 is 0. The normalized spacial score (nSPS) is 17.1. The first-order valence-electron chi connectivity index (χ1n) is 6.77. The zero-order valence-corrected chi connectivity index (χ0v) is 11.4. The molecule has 0 amide bonds. The molecule has 0 aliphatic heterocycles. The van der Waals surface area contributed by atoms with Gasteiger partial charge in [0.25, 0.3) is 0 Å². The maximum Gasteiger partial charge on any atom is 0.141 e. The van der Waals surface area contributed by atoms with Gasteiger partial charge in [-0.3, -0.25) is 0 Å². The van der Waals surface area contributed by atoms with Crippen molar-refractivity contribution in [3.05, 3.63) is 59.2 Å². The number of hydrogen-bond acceptors (Lipinski definition) is 2. The van der Waals surface area contributed by atoms with Crippen LogP contribution < -0.4 is 10.1 Å². The zero-order valence-electron chi connectivity index (χ0n) is 11.4. The van der Waals surface area contributed by atoms with E-state index in [-0.39, 0.29) is 0 Å². The number of ether oxygens (including phenoxy) is 1. The molecular formula is C17H19NO. The van der Waals surface area contributed by atoms with Crippen LogP contribution in [0.5, 0.6) is 5.75 Å². The Morgan fingerprint density at radius 1 is 1.16 bits per heavy atom. The summed E-state index contributed by atoms with van der Waals surface area (Å²) in [6.07, 6.45) is 2.30. The van der Waals surface area contributed by atoms with Gasteiger partial charge in [0, 0.05) is 0 Å². The molecule has 1 aliphatic rings. The lowest BCUT2D eigenvalue weighted by Crippen LogP contribution is -2.08. The molecule has 0 heterocycles. The molecular weight excluding hydrogens is 234 g/mol. The van der Waals surface area contributed by atoms with Crippen LogP contribution in [-0.2, 0) is 6.42 Å². The van der Waals surface area contributed by atoms with Crippen LogP contribution in [-0.4, -0.2) is 7.11 Å². The minimum atomic E-state index is 0.395. The predicted molar refractivity (Wildman–Crippen MR) is 78.9 cm³/mol. The molecule has 3 rings (SSSR count). The van der Waals surface area contributed by atoms with Crippen molar-refractivity contribution in [3.8, 4) is 5.75 Å². The van der Waals surface area contributed by atoms with E-state index in [1.54, 1.807) is 7.11 Å².